The molecule has 1 aliphatic rings. The average molecular weight is 415 g/mol. The fourth-order valence-electron chi connectivity index (χ4n) is 4.32. The maximum atomic E-state index is 13.4. The molecule has 0 atom stereocenters. The summed E-state index contributed by atoms with van der Waals surface area (Å²) < 4.78 is 19.5. The van der Waals surface area contributed by atoms with Crippen LogP contribution in [-0.4, -0.2) is 36.0 Å². The van der Waals surface area contributed by atoms with Crippen molar-refractivity contribution in [1.29, 1.82) is 0 Å². The minimum atomic E-state index is -0.161. The molecule has 1 fully saturated rings. The molecule has 0 unspecified atom stereocenters. The Morgan fingerprint density at radius 1 is 0.774 bits per heavy atom. The van der Waals surface area contributed by atoms with E-state index in [1.54, 1.807) is 12.1 Å². The lowest BCUT2D eigenvalue weighted by Gasteiger charge is -2.34. The first-order valence-corrected chi connectivity index (χ1v) is 10.9. The molecule has 4 aromatic rings. The Hall–Kier alpha value is -2.95. The molecule has 31 heavy (non-hydrogen) atoms. The van der Waals surface area contributed by atoms with Crippen LogP contribution in [0.3, 0.4) is 0 Å². The Morgan fingerprint density at radius 2 is 1.48 bits per heavy atom. The van der Waals surface area contributed by atoms with Crippen molar-refractivity contribution in [1.82, 2.24) is 9.80 Å². The zero-order chi connectivity index (χ0) is 21.2. The highest BCUT2D eigenvalue weighted by Gasteiger charge is 2.18. The predicted molar refractivity (Wildman–Crippen MR) is 123 cm³/mol. The molecule has 0 radical (unpaired) electrons. The van der Waals surface area contributed by atoms with E-state index in [2.05, 4.69) is 65.3 Å². The highest BCUT2D eigenvalue weighted by molar-refractivity contribution is 5.84. The van der Waals surface area contributed by atoms with E-state index in [4.69, 9.17) is 4.42 Å². The molecule has 0 saturated carbocycles. The summed E-state index contributed by atoms with van der Waals surface area (Å²) in [6.07, 6.45) is 0. The number of benzene rings is 3. The number of fused-ring (bicyclic) bond motifs is 1. The van der Waals surface area contributed by atoms with Gasteiger partial charge in [0.15, 0.2) is 0 Å². The van der Waals surface area contributed by atoms with Crippen LogP contribution in [0.25, 0.3) is 22.1 Å². The first-order valence-electron chi connectivity index (χ1n) is 10.9. The van der Waals surface area contributed by atoms with Crippen molar-refractivity contribution in [3.63, 3.8) is 0 Å². The number of furan rings is 1. The van der Waals surface area contributed by atoms with E-state index in [0.717, 1.165) is 61.6 Å². The van der Waals surface area contributed by atoms with Gasteiger partial charge in [0.25, 0.3) is 0 Å². The lowest BCUT2D eigenvalue weighted by molar-refractivity contribution is 0.116. The molecule has 0 spiro atoms. The molecule has 0 aliphatic carbocycles. The molecular formula is C27H27FN2O. The summed E-state index contributed by atoms with van der Waals surface area (Å²) in [7, 11) is 0. The van der Waals surface area contributed by atoms with E-state index in [-0.39, 0.29) is 5.82 Å². The van der Waals surface area contributed by atoms with Gasteiger partial charge in [-0.1, -0.05) is 48.0 Å². The largest absolute Gasteiger partial charge is 0.460 e. The van der Waals surface area contributed by atoms with E-state index in [1.165, 1.54) is 22.8 Å². The maximum absolute atomic E-state index is 13.4. The first kappa shape index (κ1) is 20.0. The Labute approximate surface area is 182 Å². The number of rotatable bonds is 5. The summed E-state index contributed by atoms with van der Waals surface area (Å²) in [4.78, 5) is 4.82. The second-order valence-corrected chi connectivity index (χ2v) is 8.51. The molecule has 158 valence electrons. The molecule has 2 heterocycles. The van der Waals surface area contributed by atoms with Crippen LogP contribution in [0, 0.1) is 12.7 Å². The SMILES string of the molecule is Cc1ccc(-c2ccc3oc(CN4CCN(Cc5cccc(F)c5)CC4)cc3c2)cc1. The molecule has 0 N–H and O–H groups in total. The Balaban J connectivity index is 1.21. The van der Waals surface area contributed by atoms with Gasteiger partial charge in [-0.05, 0) is 53.9 Å². The van der Waals surface area contributed by atoms with Crippen LogP contribution in [0.15, 0.2) is 77.2 Å². The summed E-state index contributed by atoms with van der Waals surface area (Å²) in [6.45, 7) is 7.67. The van der Waals surface area contributed by atoms with Gasteiger partial charge in [-0.3, -0.25) is 9.80 Å². The van der Waals surface area contributed by atoms with Crippen LogP contribution >= 0.6 is 0 Å². The predicted octanol–water partition coefficient (Wildman–Crippen LogP) is 5.87. The summed E-state index contributed by atoms with van der Waals surface area (Å²) in [5.41, 5.74) is 5.69. The van der Waals surface area contributed by atoms with Crippen LogP contribution < -0.4 is 0 Å². The quantitative estimate of drug-likeness (QED) is 0.407. The lowest BCUT2D eigenvalue weighted by atomic mass is 10.0. The zero-order valence-electron chi connectivity index (χ0n) is 17.9. The lowest BCUT2D eigenvalue weighted by Crippen LogP contribution is -2.45. The van der Waals surface area contributed by atoms with Gasteiger partial charge in [0, 0.05) is 38.1 Å². The third kappa shape index (κ3) is 4.71. The van der Waals surface area contributed by atoms with Crippen LogP contribution in [0.1, 0.15) is 16.9 Å². The van der Waals surface area contributed by atoms with Gasteiger partial charge in [-0.25, -0.2) is 4.39 Å². The van der Waals surface area contributed by atoms with Crippen LogP contribution in [0.2, 0.25) is 0 Å². The molecule has 1 aliphatic heterocycles. The number of hydrogen-bond donors (Lipinski definition) is 0. The minimum absolute atomic E-state index is 0.161. The monoisotopic (exact) mass is 414 g/mol. The number of piperazine rings is 1. The second-order valence-electron chi connectivity index (χ2n) is 8.51. The van der Waals surface area contributed by atoms with Gasteiger partial charge in [0.05, 0.1) is 6.54 Å². The standard InChI is InChI=1S/C27H27FN2O/c1-20-5-7-22(8-6-20)23-9-10-27-24(16-23)17-26(31-27)19-30-13-11-29(12-14-30)18-21-3-2-4-25(28)15-21/h2-10,15-17H,11-14,18-19H2,1H3. The smallest absolute Gasteiger partial charge is 0.134 e. The number of hydrogen-bond acceptors (Lipinski definition) is 3. The first-order chi connectivity index (χ1) is 15.1. The van der Waals surface area contributed by atoms with Crippen molar-refractivity contribution >= 4 is 11.0 Å². The number of aryl methyl sites for hydroxylation is 1. The fraction of sp³-hybridized carbons (Fsp3) is 0.259. The average Bonchev–Trinajstić information content (AvgIpc) is 3.17. The molecular weight excluding hydrogens is 387 g/mol. The van der Waals surface area contributed by atoms with E-state index in [9.17, 15) is 4.39 Å². The summed E-state index contributed by atoms with van der Waals surface area (Å²) >= 11 is 0. The number of halogens is 1. The molecule has 3 aromatic carbocycles. The van der Waals surface area contributed by atoms with E-state index >= 15 is 0 Å². The molecule has 0 amide bonds. The fourth-order valence-corrected chi connectivity index (χ4v) is 4.32. The van der Waals surface area contributed by atoms with Gasteiger partial charge in [0.2, 0.25) is 0 Å². The van der Waals surface area contributed by atoms with Crippen LogP contribution in [-0.2, 0) is 13.1 Å². The van der Waals surface area contributed by atoms with Crippen LogP contribution in [0.5, 0.6) is 0 Å². The minimum Gasteiger partial charge on any atom is -0.460 e. The van der Waals surface area contributed by atoms with Gasteiger partial charge in [-0.15, -0.1) is 0 Å². The molecule has 0 bridgehead atoms. The molecule has 5 rings (SSSR count). The maximum Gasteiger partial charge on any atom is 0.134 e. The summed E-state index contributed by atoms with van der Waals surface area (Å²) in [6, 6.07) is 24.1. The third-order valence-electron chi connectivity index (χ3n) is 6.09. The molecule has 3 nitrogen and oxygen atoms in total. The Morgan fingerprint density at radius 3 is 2.23 bits per heavy atom. The zero-order valence-corrected chi connectivity index (χ0v) is 17.9. The van der Waals surface area contributed by atoms with Gasteiger partial charge in [-0.2, -0.15) is 0 Å². The highest BCUT2D eigenvalue weighted by Crippen LogP contribution is 2.27. The van der Waals surface area contributed by atoms with E-state index in [1.807, 2.05) is 6.07 Å². The van der Waals surface area contributed by atoms with Crippen molar-refractivity contribution < 1.29 is 8.81 Å². The van der Waals surface area contributed by atoms with E-state index < -0.39 is 0 Å². The number of nitrogens with zero attached hydrogens (tertiary/aromatic N) is 2. The van der Waals surface area contributed by atoms with Gasteiger partial charge >= 0.3 is 0 Å². The van der Waals surface area contributed by atoms with Crippen molar-refractivity contribution in [2.24, 2.45) is 0 Å². The van der Waals surface area contributed by atoms with Crippen molar-refractivity contribution in [3.8, 4) is 11.1 Å². The third-order valence-corrected chi connectivity index (χ3v) is 6.09. The summed E-state index contributed by atoms with van der Waals surface area (Å²) in [5.74, 6) is 0.848. The molecule has 1 aromatic heterocycles. The van der Waals surface area contributed by atoms with Gasteiger partial charge < -0.3 is 4.42 Å². The second kappa shape index (κ2) is 8.66. The topological polar surface area (TPSA) is 19.6 Å². The van der Waals surface area contributed by atoms with Gasteiger partial charge in [0.1, 0.15) is 17.2 Å². The van der Waals surface area contributed by atoms with Crippen molar-refractivity contribution in [3.05, 3.63) is 95.5 Å². The van der Waals surface area contributed by atoms with E-state index in [0.29, 0.717) is 0 Å². The normalized spacial score (nSPS) is 15.5. The Bertz CT molecular complexity index is 1170. The van der Waals surface area contributed by atoms with Crippen LogP contribution in [0.4, 0.5) is 4.39 Å². The highest BCUT2D eigenvalue weighted by atomic mass is 19.1. The Kier molecular flexibility index (Phi) is 5.58. The molecule has 4 heteroatoms. The molecule has 1 saturated heterocycles. The summed E-state index contributed by atoms with van der Waals surface area (Å²) in [5, 5.41) is 1.15. The van der Waals surface area contributed by atoms with Crippen molar-refractivity contribution in [2.45, 2.75) is 20.0 Å². The van der Waals surface area contributed by atoms with Crippen molar-refractivity contribution in [2.75, 3.05) is 26.2 Å².